The molecule has 0 spiro atoms. The number of rotatable bonds is 28. The van der Waals surface area contributed by atoms with Crippen LogP contribution in [0.3, 0.4) is 0 Å². The summed E-state index contributed by atoms with van der Waals surface area (Å²) < 4.78 is 21.2. The third kappa shape index (κ3) is 26.0. The third-order valence-electron chi connectivity index (χ3n) is 5.61. The van der Waals surface area contributed by atoms with Crippen LogP contribution in [0.4, 0.5) is 0 Å². The summed E-state index contributed by atoms with van der Waals surface area (Å²) >= 11 is 0. The van der Waals surface area contributed by atoms with Crippen LogP contribution < -0.4 is 27.0 Å². The van der Waals surface area contributed by atoms with Crippen LogP contribution in [-0.2, 0) is 42.9 Å². The van der Waals surface area contributed by atoms with Crippen molar-refractivity contribution in [3.63, 3.8) is 0 Å². The first-order valence-corrected chi connectivity index (χ1v) is 14.3. The number of nitrogens with one attached hydrogen (secondary N) is 4. The Morgan fingerprint density at radius 1 is 0.683 bits per heavy atom. The zero-order valence-corrected chi connectivity index (χ0v) is 24.9. The van der Waals surface area contributed by atoms with E-state index in [0.29, 0.717) is 45.7 Å². The third-order valence-corrected chi connectivity index (χ3v) is 5.61. The number of hydrogen-bond acceptors (Lipinski definition) is 10. The lowest BCUT2D eigenvalue weighted by atomic mass is 10.0. The van der Waals surface area contributed by atoms with Gasteiger partial charge in [-0.05, 0) is 19.3 Å². The van der Waals surface area contributed by atoms with Crippen LogP contribution in [0, 0.1) is 5.92 Å². The molecule has 0 bridgehead atoms. The fourth-order valence-corrected chi connectivity index (χ4v) is 3.34. The minimum atomic E-state index is -0.335. The smallest absolute Gasteiger partial charge is 0.246 e. The molecule has 4 amide bonds. The van der Waals surface area contributed by atoms with Crippen molar-refractivity contribution in [1.82, 2.24) is 21.3 Å². The Kier molecular flexibility index (Phi) is 24.6. The zero-order valence-electron chi connectivity index (χ0n) is 24.9. The van der Waals surface area contributed by atoms with Crippen molar-refractivity contribution >= 4 is 29.9 Å². The van der Waals surface area contributed by atoms with Gasteiger partial charge in [-0.25, -0.2) is 0 Å². The number of carbonyl (C=O) groups is 5. The molecule has 41 heavy (non-hydrogen) atoms. The molecule has 2 unspecified atom stereocenters. The lowest BCUT2D eigenvalue weighted by Crippen LogP contribution is -2.37. The van der Waals surface area contributed by atoms with Gasteiger partial charge in [0.05, 0.1) is 45.7 Å². The summed E-state index contributed by atoms with van der Waals surface area (Å²) in [6.45, 7) is 8.34. The molecular formula is C27H51N5O9. The number of ether oxygens (including phenoxy) is 4. The predicted molar refractivity (Wildman–Crippen MR) is 152 cm³/mol. The maximum atomic E-state index is 11.8. The molecule has 0 saturated heterocycles. The van der Waals surface area contributed by atoms with Crippen LogP contribution in [0.5, 0.6) is 0 Å². The van der Waals surface area contributed by atoms with Gasteiger partial charge in [0.1, 0.15) is 19.5 Å². The Hall–Kier alpha value is -2.65. The predicted octanol–water partition coefficient (Wildman–Crippen LogP) is -0.961. The summed E-state index contributed by atoms with van der Waals surface area (Å²) in [6, 6.07) is -0.165. The van der Waals surface area contributed by atoms with Gasteiger partial charge in [0, 0.05) is 38.0 Å². The normalized spacial score (nSPS) is 12.5. The highest BCUT2D eigenvalue weighted by Gasteiger charge is 2.11. The summed E-state index contributed by atoms with van der Waals surface area (Å²) in [7, 11) is 0. The van der Waals surface area contributed by atoms with E-state index < -0.39 is 0 Å². The molecule has 0 radical (unpaired) electrons. The maximum absolute atomic E-state index is 11.8. The molecule has 2 atom stereocenters. The number of amides is 4. The molecule has 0 aromatic carbocycles. The van der Waals surface area contributed by atoms with Crippen LogP contribution in [-0.4, -0.2) is 114 Å². The molecule has 0 aliphatic carbocycles. The standard InChI is InChI=1S/C27H51N5O9/c1-21(2)32-23(18-33)7-8-24(34)30-10-12-38-14-17-41-20-26(36)31-11-13-39-15-16-40-19-25(35)29-9-5-4-6-22(3)27(28)37/h18,21-23,32H,4-17,19-20H2,1-3H3,(H2,28,37)(H,29,35)(H,30,34)(H,31,36). The molecule has 0 aliphatic rings. The minimum Gasteiger partial charge on any atom is -0.377 e. The summed E-state index contributed by atoms with van der Waals surface area (Å²) in [4.78, 5) is 57.2. The fourth-order valence-electron chi connectivity index (χ4n) is 3.34. The van der Waals surface area contributed by atoms with E-state index in [1.165, 1.54) is 0 Å². The Labute approximate surface area is 243 Å². The van der Waals surface area contributed by atoms with Crippen LogP contribution >= 0.6 is 0 Å². The van der Waals surface area contributed by atoms with Crippen molar-refractivity contribution in [3.8, 4) is 0 Å². The first-order valence-electron chi connectivity index (χ1n) is 14.3. The van der Waals surface area contributed by atoms with Gasteiger partial charge in [0.25, 0.3) is 0 Å². The number of unbranched alkanes of at least 4 members (excludes halogenated alkanes) is 1. The second-order valence-electron chi connectivity index (χ2n) is 9.78. The summed E-state index contributed by atoms with van der Waals surface area (Å²) in [6.07, 6.45) is 3.78. The molecule has 0 saturated carbocycles. The molecule has 0 heterocycles. The molecule has 14 heteroatoms. The number of nitrogens with two attached hydrogens (primary N) is 1. The molecule has 238 valence electrons. The van der Waals surface area contributed by atoms with Gasteiger partial charge in [0.2, 0.25) is 23.6 Å². The van der Waals surface area contributed by atoms with E-state index in [-0.39, 0.29) is 87.7 Å². The molecule has 0 fully saturated rings. The second kappa shape index (κ2) is 26.3. The van der Waals surface area contributed by atoms with E-state index in [0.717, 1.165) is 19.1 Å². The van der Waals surface area contributed by atoms with E-state index in [4.69, 9.17) is 24.7 Å². The summed E-state index contributed by atoms with van der Waals surface area (Å²) in [5.74, 6) is -1.11. The van der Waals surface area contributed by atoms with E-state index >= 15 is 0 Å². The first-order chi connectivity index (χ1) is 19.6. The monoisotopic (exact) mass is 589 g/mol. The highest BCUT2D eigenvalue weighted by Crippen LogP contribution is 2.06. The van der Waals surface area contributed by atoms with Gasteiger partial charge in [-0.1, -0.05) is 27.2 Å². The fraction of sp³-hybridized carbons (Fsp3) is 0.815. The van der Waals surface area contributed by atoms with Gasteiger partial charge >= 0.3 is 0 Å². The minimum absolute atomic E-state index is 0.0627. The van der Waals surface area contributed by atoms with Gasteiger partial charge < -0.3 is 50.7 Å². The summed E-state index contributed by atoms with van der Waals surface area (Å²) in [5, 5.41) is 11.2. The van der Waals surface area contributed by atoms with E-state index in [2.05, 4.69) is 21.3 Å². The average molecular weight is 590 g/mol. The molecule has 0 aliphatic heterocycles. The Bertz CT molecular complexity index is 740. The number of carbonyl (C=O) groups excluding carboxylic acids is 5. The quantitative estimate of drug-likeness (QED) is 0.0560. The molecule has 14 nitrogen and oxygen atoms in total. The van der Waals surface area contributed by atoms with Crippen molar-refractivity contribution < 1.29 is 42.9 Å². The Morgan fingerprint density at radius 3 is 1.71 bits per heavy atom. The number of aldehydes is 1. The first kappa shape index (κ1) is 38.4. The van der Waals surface area contributed by atoms with Gasteiger partial charge in [0.15, 0.2) is 0 Å². The Morgan fingerprint density at radius 2 is 1.20 bits per heavy atom. The van der Waals surface area contributed by atoms with E-state index in [9.17, 15) is 24.0 Å². The van der Waals surface area contributed by atoms with Crippen LogP contribution in [0.2, 0.25) is 0 Å². The van der Waals surface area contributed by atoms with E-state index in [1.807, 2.05) is 13.8 Å². The number of hydrogen-bond donors (Lipinski definition) is 5. The molecule has 0 aromatic heterocycles. The van der Waals surface area contributed by atoms with Crippen LogP contribution in [0.15, 0.2) is 0 Å². The van der Waals surface area contributed by atoms with Crippen molar-refractivity contribution in [1.29, 1.82) is 0 Å². The largest absolute Gasteiger partial charge is 0.377 e. The van der Waals surface area contributed by atoms with Gasteiger partial charge in [-0.2, -0.15) is 0 Å². The number of primary amides is 1. The average Bonchev–Trinajstić information content (AvgIpc) is 2.93. The second-order valence-corrected chi connectivity index (χ2v) is 9.78. The SMILES string of the molecule is CC(C)NC(C=O)CCC(=O)NCCOCCOCC(=O)NCCOCCOCC(=O)NCCCCC(C)C(N)=O. The van der Waals surface area contributed by atoms with Crippen LogP contribution in [0.1, 0.15) is 52.9 Å². The van der Waals surface area contributed by atoms with Gasteiger partial charge in [-0.3, -0.25) is 19.2 Å². The van der Waals surface area contributed by atoms with E-state index in [1.54, 1.807) is 6.92 Å². The van der Waals surface area contributed by atoms with Gasteiger partial charge in [-0.15, -0.1) is 0 Å². The maximum Gasteiger partial charge on any atom is 0.246 e. The molecule has 0 aromatic rings. The highest BCUT2D eigenvalue weighted by molar-refractivity contribution is 5.77. The molecular weight excluding hydrogens is 538 g/mol. The Balaban J connectivity index is 3.46. The zero-order chi connectivity index (χ0) is 30.7. The summed E-state index contributed by atoms with van der Waals surface area (Å²) in [5.41, 5.74) is 5.21. The molecule has 0 rings (SSSR count). The lowest BCUT2D eigenvalue weighted by Gasteiger charge is -2.15. The van der Waals surface area contributed by atoms with Crippen molar-refractivity contribution in [2.75, 3.05) is 72.5 Å². The molecule has 6 N–H and O–H groups in total. The van der Waals surface area contributed by atoms with Crippen molar-refractivity contribution in [2.45, 2.75) is 65.0 Å². The topological polar surface area (TPSA) is 196 Å². The van der Waals surface area contributed by atoms with Crippen LogP contribution in [0.25, 0.3) is 0 Å². The highest BCUT2D eigenvalue weighted by atomic mass is 16.5. The van der Waals surface area contributed by atoms with Crippen molar-refractivity contribution in [3.05, 3.63) is 0 Å². The van der Waals surface area contributed by atoms with Crippen molar-refractivity contribution in [2.24, 2.45) is 11.7 Å². The lowest BCUT2D eigenvalue weighted by molar-refractivity contribution is -0.127.